The molecule has 1 aromatic heterocycles. The molecule has 1 heterocycles. The van der Waals surface area contributed by atoms with Crippen LogP contribution in [0, 0.1) is 11.7 Å². The largest absolute Gasteiger partial charge is 0.383 e. The van der Waals surface area contributed by atoms with Crippen molar-refractivity contribution in [2.75, 3.05) is 5.73 Å². The van der Waals surface area contributed by atoms with Gasteiger partial charge in [-0.1, -0.05) is 13.3 Å². The summed E-state index contributed by atoms with van der Waals surface area (Å²) in [6, 6.07) is 1.32. The Morgan fingerprint density at radius 2 is 2.50 bits per heavy atom. The molecule has 0 aromatic carbocycles. The van der Waals surface area contributed by atoms with Crippen molar-refractivity contribution in [2.24, 2.45) is 5.92 Å². The third-order valence-electron chi connectivity index (χ3n) is 2.89. The van der Waals surface area contributed by atoms with Gasteiger partial charge in [0.1, 0.15) is 11.6 Å². The molecule has 0 saturated heterocycles. The van der Waals surface area contributed by atoms with Gasteiger partial charge in [-0.15, -0.1) is 0 Å². The van der Waals surface area contributed by atoms with Gasteiger partial charge < -0.3 is 11.1 Å². The van der Waals surface area contributed by atoms with Gasteiger partial charge in [-0.05, 0) is 18.4 Å². The van der Waals surface area contributed by atoms with E-state index in [2.05, 4.69) is 17.2 Å². The number of nitrogens with one attached hydrogen (secondary N) is 1. The van der Waals surface area contributed by atoms with Crippen LogP contribution in [0.5, 0.6) is 0 Å². The Morgan fingerprint density at radius 1 is 1.75 bits per heavy atom. The molecule has 0 radical (unpaired) electrons. The Kier molecular flexibility index (Phi) is 2.77. The number of carbonyl (C=O) groups is 1. The van der Waals surface area contributed by atoms with Crippen LogP contribution in [0.2, 0.25) is 0 Å². The van der Waals surface area contributed by atoms with Crippen LogP contribution in [-0.2, 0) is 0 Å². The number of hydrogen-bond donors (Lipinski definition) is 2. The number of hydrogen-bond acceptors (Lipinski definition) is 3. The second kappa shape index (κ2) is 4.08. The minimum absolute atomic E-state index is 0.0626. The van der Waals surface area contributed by atoms with Gasteiger partial charge in [0.05, 0.1) is 11.8 Å². The molecule has 2 rings (SSSR count). The number of nitrogen functional groups attached to an aromatic ring is 1. The van der Waals surface area contributed by atoms with Crippen molar-refractivity contribution in [2.45, 2.75) is 25.8 Å². The van der Waals surface area contributed by atoms with Gasteiger partial charge in [-0.25, -0.2) is 9.37 Å². The van der Waals surface area contributed by atoms with E-state index in [1.807, 2.05) is 0 Å². The first-order valence-electron chi connectivity index (χ1n) is 5.33. The number of carbonyl (C=O) groups excluding carboxylic acids is 1. The summed E-state index contributed by atoms with van der Waals surface area (Å²) in [5.41, 5.74) is 5.63. The maximum absolute atomic E-state index is 12.9. The normalized spacial score (nSPS) is 22.9. The maximum atomic E-state index is 12.9. The van der Waals surface area contributed by atoms with E-state index in [0.29, 0.717) is 5.92 Å². The number of aromatic nitrogens is 1. The molecule has 0 spiro atoms. The number of nitrogens with zero attached hydrogens (tertiary/aromatic N) is 1. The fourth-order valence-corrected chi connectivity index (χ4v) is 1.75. The number of halogens is 1. The van der Waals surface area contributed by atoms with Crippen LogP contribution in [-0.4, -0.2) is 16.9 Å². The van der Waals surface area contributed by atoms with Crippen molar-refractivity contribution in [3.63, 3.8) is 0 Å². The van der Waals surface area contributed by atoms with E-state index < -0.39 is 5.82 Å². The zero-order valence-corrected chi connectivity index (χ0v) is 9.03. The van der Waals surface area contributed by atoms with Crippen molar-refractivity contribution in [1.82, 2.24) is 10.3 Å². The zero-order valence-electron chi connectivity index (χ0n) is 9.03. The van der Waals surface area contributed by atoms with Crippen molar-refractivity contribution in [3.05, 3.63) is 23.6 Å². The number of nitrogens with two attached hydrogens (primary N) is 1. The highest BCUT2D eigenvalue weighted by Crippen LogP contribution is 2.33. The second-order valence-electron chi connectivity index (χ2n) is 4.07. The van der Waals surface area contributed by atoms with E-state index in [1.165, 1.54) is 0 Å². The molecular formula is C11H14FN3O. The summed E-state index contributed by atoms with van der Waals surface area (Å²) in [7, 11) is 0. The minimum Gasteiger partial charge on any atom is -0.383 e. The van der Waals surface area contributed by atoms with E-state index >= 15 is 0 Å². The van der Waals surface area contributed by atoms with Crippen LogP contribution in [0.25, 0.3) is 0 Å². The summed E-state index contributed by atoms with van der Waals surface area (Å²) in [4.78, 5) is 15.3. The molecule has 1 aliphatic carbocycles. The zero-order chi connectivity index (χ0) is 11.7. The SMILES string of the molecule is CCC1CC1NC(=O)c1cc(F)cnc1N. The van der Waals surface area contributed by atoms with Gasteiger partial charge in [-0.3, -0.25) is 4.79 Å². The van der Waals surface area contributed by atoms with Crippen LogP contribution in [0.3, 0.4) is 0 Å². The van der Waals surface area contributed by atoms with Crippen LogP contribution in [0.15, 0.2) is 12.3 Å². The monoisotopic (exact) mass is 223 g/mol. The molecule has 1 amide bonds. The maximum Gasteiger partial charge on any atom is 0.255 e. The van der Waals surface area contributed by atoms with Crippen LogP contribution in [0.1, 0.15) is 30.1 Å². The molecule has 86 valence electrons. The number of amides is 1. The third kappa shape index (κ3) is 2.13. The summed E-state index contributed by atoms with van der Waals surface area (Å²) in [5.74, 6) is -0.285. The summed E-state index contributed by atoms with van der Waals surface area (Å²) >= 11 is 0. The molecular weight excluding hydrogens is 209 g/mol. The van der Waals surface area contributed by atoms with Crippen LogP contribution < -0.4 is 11.1 Å². The van der Waals surface area contributed by atoms with Crippen LogP contribution >= 0.6 is 0 Å². The Hall–Kier alpha value is -1.65. The van der Waals surface area contributed by atoms with Crippen molar-refractivity contribution in [1.29, 1.82) is 0 Å². The minimum atomic E-state index is -0.554. The molecule has 0 aliphatic heterocycles. The second-order valence-corrected chi connectivity index (χ2v) is 4.07. The van der Waals surface area contributed by atoms with Crippen molar-refractivity contribution >= 4 is 11.7 Å². The number of anilines is 1. The van der Waals surface area contributed by atoms with Gasteiger partial charge in [0.15, 0.2) is 0 Å². The summed E-state index contributed by atoms with van der Waals surface area (Å²) in [5, 5.41) is 2.81. The van der Waals surface area contributed by atoms with E-state index in [0.717, 1.165) is 25.1 Å². The first kappa shape index (κ1) is 10.9. The molecule has 3 N–H and O–H groups in total. The van der Waals surface area contributed by atoms with E-state index in [-0.39, 0.29) is 23.3 Å². The van der Waals surface area contributed by atoms with E-state index in [9.17, 15) is 9.18 Å². The smallest absolute Gasteiger partial charge is 0.255 e. The molecule has 2 atom stereocenters. The molecule has 1 fully saturated rings. The lowest BCUT2D eigenvalue weighted by Gasteiger charge is -2.06. The topological polar surface area (TPSA) is 68.0 Å². The molecule has 1 saturated carbocycles. The number of pyridine rings is 1. The first-order chi connectivity index (χ1) is 7.61. The third-order valence-corrected chi connectivity index (χ3v) is 2.89. The van der Waals surface area contributed by atoms with Gasteiger partial charge in [0.25, 0.3) is 5.91 Å². The lowest BCUT2D eigenvalue weighted by Crippen LogP contribution is -2.28. The molecule has 16 heavy (non-hydrogen) atoms. The summed E-state index contributed by atoms with van der Waals surface area (Å²) < 4.78 is 12.9. The quantitative estimate of drug-likeness (QED) is 0.812. The summed E-state index contributed by atoms with van der Waals surface area (Å²) in [6.45, 7) is 2.08. The predicted octanol–water partition coefficient (Wildman–Crippen LogP) is 1.33. The predicted molar refractivity (Wildman–Crippen MR) is 58.3 cm³/mol. The highest BCUT2D eigenvalue weighted by molar-refractivity contribution is 5.98. The van der Waals surface area contributed by atoms with Gasteiger partial charge in [-0.2, -0.15) is 0 Å². The highest BCUT2D eigenvalue weighted by atomic mass is 19.1. The van der Waals surface area contributed by atoms with Crippen molar-refractivity contribution < 1.29 is 9.18 Å². The Morgan fingerprint density at radius 3 is 3.12 bits per heavy atom. The Bertz CT molecular complexity index is 422. The van der Waals surface area contributed by atoms with Gasteiger partial charge in [0.2, 0.25) is 0 Å². The molecule has 5 heteroatoms. The summed E-state index contributed by atoms with van der Waals surface area (Å²) in [6.07, 6.45) is 3.03. The van der Waals surface area contributed by atoms with Crippen LogP contribution in [0.4, 0.5) is 10.2 Å². The molecule has 0 bridgehead atoms. The Labute approximate surface area is 93.1 Å². The first-order valence-corrected chi connectivity index (χ1v) is 5.33. The molecule has 2 unspecified atom stereocenters. The van der Waals surface area contributed by atoms with Crippen molar-refractivity contribution in [3.8, 4) is 0 Å². The lowest BCUT2D eigenvalue weighted by atomic mass is 10.2. The number of rotatable bonds is 3. The highest BCUT2D eigenvalue weighted by Gasteiger charge is 2.36. The lowest BCUT2D eigenvalue weighted by molar-refractivity contribution is 0.0949. The average molecular weight is 223 g/mol. The molecule has 1 aliphatic rings. The standard InChI is InChI=1S/C11H14FN3O/c1-2-6-3-9(6)15-11(16)8-4-7(12)5-14-10(8)13/h4-6,9H,2-3H2,1H3,(H2,13,14)(H,15,16). The molecule has 4 nitrogen and oxygen atoms in total. The van der Waals surface area contributed by atoms with E-state index in [4.69, 9.17) is 5.73 Å². The fourth-order valence-electron chi connectivity index (χ4n) is 1.75. The Balaban J connectivity index is 2.06. The van der Waals surface area contributed by atoms with Gasteiger partial charge >= 0.3 is 0 Å². The molecule has 1 aromatic rings. The average Bonchev–Trinajstić information content (AvgIpc) is 3.00. The van der Waals surface area contributed by atoms with Gasteiger partial charge in [0, 0.05) is 6.04 Å². The fraction of sp³-hybridized carbons (Fsp3) is 0.455. The van der Waals surface area contributed by atoms with E-state index in [1.54, 1.807) is 0 Å².